The maximum atomic E-state index is 14.0. The molecule has 5 aromatic rings. The number of carbonyl (C=O) groups is 5. The number of aliphatic carboxylic acids is 1. The van der Waals surface area contributed by atoms with Gasteiger partial charge in [-0.1, -0.05) is 41.9 Å². The smallest absolute Gasteiger partial charge is 0.349 e. The van der Waals surface area contributed by atoms with Crippen molar-refractivity contribution in [3.05, 3.63) is 99.6 Å². The van der Waals surface area contributed by atoms with Gasteiger partial charge in [-0.25, -0.2) is 27.3 Å². The zero-order valence-corrected chi connectivity index (χ0v) is 38.0. The number of likely N-dealkylation sites (tertiary alicyclic amines) is 1. The van der Waals surface area contributed by atoms with Crippen molar-refractivity contribution in [3.63, 3.8) is 0 Å². The second kappa shape index (κ2) is 18.5. The van der Waals surface area contributed by atoms with Crippen LogP contribution in [0.2, 0.25) is 5.02 Å². The number of aromatic carboxylic acids is 1. The number of thiophene rings is 1. The van der Waals surface area contributed by atoms with Crippen LogP contribution in [0.25, 0.3) is 16.0 Å². The topological polar surface area (TPSA) is 229 Å². The van der Waals surface area contributed by atoms with E-state index in [0.29, 0.717) is 66.2 Å². The number of amides is 4. The molecule has 342 valence electrons. The van der Waals surface area contributed by atoms with Crippen LogP contribution in [0.4, 0.5) is 16.2 Å². The van der Waals surface area contributed by atoms with Crippen molar-refractivity contribution in [1.29, 1.82) is 0 Å². The predicted octanol–water partition coefficient (Wildman–Crippen LogP) is 6.99. The molecule has 0 spiro atoms. The van der Waals surface area contributed by atoms with Crippen LogP contribution in [0.15, 0.2) is 73.1 Å². The van der Waals surface area contributed by atoms with Gasteiger partial charge in [0.25, 0.3) is 0 Å². The van der Waals surface area contributed by atoms with Gasteiger partial charge in [-0.05, 0) is 98.9 Å². The van der Waals surface area contributed by atoms with Crippen molar-refractivity contribution >= 4 is 79.6 Å². The number of anilines is 2. The van der Waals surface area contributed by atoms with Crippen molar-refractivity contribution in [3.8, 4) is 16.2 Å². The first-order valence-corrected chi connectivity index (χ1v) is 24.0. The van der Waals surface area contributed by atoms with Crippen molar-refractivity contribution in [2.75, 3.05) is 36.9 Å². The first kappa shape index (κ1) is 45.5. The van der Waals surface area contributed by atoms with Crippen molar-refractivity contribution in [2.45, 2.75) is 81.5 Å². The van der Waals surface area contributed by atoms with Crippen LogP contribution in [0.5, 0.6) is 5.75 Å². The maximum Gasteiger partial charge on any atom is 0.349 e. The molecule has 17 nitrogen and oxygen atoms in total. The summed E-state index contributed by atoms with van der Waals surface area (Å²) in [5.41, 5.74) is 4.30. The number of benzene rings is 2. The lowest BCUT2D eigenvalue weighted by atomic mass is 9.89. The fraction of sp³-hybridized carbons (Fsp3) is 0.378. The minimum Gasteiger partial charge on any atom is -0.479 e. The van der Waals surface area contributed by atoms with Gasteiger partial charge in [0.05, 0.1) is 28.3 Å². The summed E-state index contributed by atoms with van der Waals surface area (Å²) in [6.07, 6.45) is 6.88. The number of rotatable bonds is 13. The highest BCUT2D eigenvalue weighted by Crippen LogP contribution is 2.46. The van der Waals surface area contributed by atoms with E-state index in [-0.39, 0.29) is 57.8 Å². The van der Waals surface area contributed by atoms with Gasteiger partial charge in [0.2, 0.25) is 21.8 Å². The third kappa shape index (κ3) is 9.97. The molecule has 3 aliphatic rings. The Morgan fingerprint density at radius 1 is 0.985 bits per heavy atom. The fourth-order valence-corrected chi connectivity index (χ4v) is 12.5. The molecule has 3 aliphatic heterocycles. The second-order valence-electron chi connectivity index (χ2n) is 17.2. The Bertz CT molecular complexity index is 2800. The molecule has 2 aromatic carbocycles. The number of imide groups is 1. The average molecular weight is 947 g/mol. The molecule has 5 N–H and O–H groups in total. The van der Waals surface area contributed by atoms with Gasteiger partial charge in [0.15, 0.2) is 17.2 Å². The Hall–Kier alpha value is -6.02. The molecular weight excluding hydrogens is 898 g/mol. The number of halogens is 1. The lowest BCUT2D eigenvalue weighted by Crippen LogP contribution is -2.55. The van der Waals surface area contributed by atoms with Gasteiger partial charge < -0.3 is 30.5 Å². The Morgan fingerprint density at radius 2 is 1.74 bits per heavy atom. The molecule has 1 unspecified atom stereocenters. The number of hydrogen-bond acceptors (Lipinski definition) is 11. The molecule has 4 amide bonds. The van der Waals surface area contributed by atoms with E-state index in [0.717, 1.165) is 40.8 Å². The highest BCUT2D eigenvalue weighted by Gasteiger charge is 2.42. The molecule has 3 aromatic heterocycles. The largest absolute Gasteiger partial charge is 0.479 e. The van der Waals surface area contributed by atoms with Crippen LogP contribution in [0, 0.1) is 0 Å². The van der Waals surface area contributed by atoms with E-state index in [4.69, 9.17) is 21.4 Å². The van der Waals surface area contributed by atoms with Crippen LogP contribution in [0.3, 0.4) is 0 Å². The number of nitrogens with zero attached hydrogens (tertiary/aromatic N) is 4. The number of aromatic nitrogens is 2. The molecule has 0 bridgehead atoms. The Balaban J connectivity index is 0.846. The van der Waals surface area contributed by atoms with Crippen LogP contribution in [0.1, 0.15) is 90.6 Å². The van der Waals surface area contributed by atoms with E-state index in [2.05, 4.69) is 21.0 Å². The number of nitrogens with one attached hydrogen (secondary N) is 3. The molecule has 0 radical (unpaired) electrons. The van der Waals surface area contributed by atoms with Crippen LogP contribution in [-0.2, 0) is 30.2 Å². The SMILES string of the molecule is CC1(C)C[C@H](Nc2cccc(-c3sc(C(=O)O)c(OCC(=O)O)c3Cl)c2)CCN1S(=O)(=O)Cc1cccc(NC(=O)N2CCC(c3ccc4c(C5CCC(=O)NC5=O)cnn4c3)CC2)c1. The van der Waals surface area contributed by atoms with E-state index < -0.39 is 40.0 Å². The quantitative estimate of drug-likeness (QED) is 0.0753. The van der Waals surface area contributed by atoms with E-state index >= 15 is 0 Å². The Morgan fingerprint density at radius 3 is 2.46 bits per heavy atom. The molecule has 0 saturated carbocycles. The Kier molecular flexibility index (Phi) is 12.9. The summed E-state index contributed by atoms with van der Waals surface area (Å²) in [5, 5.41) is 32.1. The van der Waals surface area contributed by atoms with Gasteiger partial charge in [-0.2, -0.15) is 9.40 Å². The van der Waals surface area contributed by atoms with Gasteiger partial charge in [-0.15, -0.1) is 11.3 Å². The summed E-state index contributed by atoms with van der Waals surface area (Å²) < 4.78 is 36.6. The van der Waals surface area contributed by atoms with Crippen LogP contribution in [-0.4, -0.2) is 105 Å². The normalized spacial score (nSPS) is 19.5. The lowest BCUT2D eigenvalue weighted by Gasteiger charge is -2.45. The zero-order chi connectivity index (χ0) is 46.2. The highest BCUT2D eigenvalue weighted by atomic mass is 35.5. The summed E-state index contributed by atoms with van der Waals surface area (Å²) in [6.45, 7) is 4.35. The summed E-state index contributed by atoms with van der Waals surface area (Å²) >= 11 is 7.40. The van der Waals surface area contributed by atoms with Crippen molar-refractivity contribution < 1.29 is 47.3 Å². The van der Waals surface area contributed by atoms with Gasteiger partial charge >= 0.3 is 18.0 Å². The molecule has 0 aliphatic carbocycles. The van der Waals surface area contributed by atoms with Crippen LogP contribution < -0.4 is 20.7 Å². The molecule has 3 fully saturated rings. The van der Waals surface area contributed by atoms with E-state index in [1.807, 2.05) is 38.2 Å². The molecule has 20 heteroatoms. The molecule has 8 rings (SSSR count). The summed E-state index contributed by atoms with van der Waals surface area (Å²) in [4.78, 5) is 62.5. The lowest BCUT2D eigenvalue weighted by molar-refractivity contribution is -0.139. The number of piperidine rings is 3. The fourth-order valence-electron chi connectivity index (χ4n) is 9.16. The highest BCUT2D eigenvalue weighted by molar-refractivity contribution is 7.88. The number of carboxylic acids is 2. The number of hydrogen-bond donors (Lipinski definition) is 5. The number of sulfonamides is 1. The molecule has 6 heterocycles. The average Bonchev–Trinajstić information content (AvgIpc) is 3.82. The minimum absolute atomic E-state index is 0.00218. The standard InChI is InChI=1S/C45H48ClN7O10S2/c1-45(2)21-32(48-31-8-4-6-28(20-31)40-38(46)39(63-24-37(55)56)41(64-40)43(58)59)15-18-53(45)65(61,62)25-26-5-3-7-30(19-26)49-44(60)51-16-13-27(14-17-51)29-9-11-35-34(22-47-52(35)23-29)33-10-12-36(54)50-42(33)57/h3-9,11,19-20,22-23,27,32-33,48H,10,12-18,21,24-25H2,1-2H3,(H,49,60)(H,55,56)(H,58,59)(H,50,54,57)/t32-,33?/m1/s1. The van der Waals surface area contributed by atoms with Gasteiger partial charge in [-0.3, -0.25) is 14.9 Å². The third-order valence-corrected chi connectivity index (χ3v) is 16.0. The maximum absolute atomic E-state index is 14.0. The number of carboxylic acid groups (broad SMARTS) is 2. The third-order valence-electron chi connectivity index (χ3n) is 12.2. The number of pyridine rings is 1. The number of carbonyl (C=O) groups excluding carboxylic acids is 3. The molecule has 65 heavy (non-hydrogen) atoms. The van der Waals surface area contributed by atoms with Crippen LogP contribution >= 0.6 is 22.9 Å². The minimum atomic E-state index is -3.79. The van der Waals surface area contributed by atoms with Crippen molar-refractivity contribution in [1.82, 2.24) is 24.1 Å². The first-order valence-electron chi connectivity index (χ1n) is 21.2. The Labute approximate surface area is 383 Å². The molecular formula is C45H48ClN7O10S2. The van der Waals surface area contributed by atoms with E-state index in [1.54, 1.807) is 62.4 Å². The zero-order valence-electron chi connectivity index (χ0n) is 35.6. The van der Waals surface area contributed by atoms with E-state index in [9.17, 15) is 37.5 Å². The molecule has 3 saturated heterocycles. The number of urea groups is 1. The summed E-state index contributed by atoms with van der Waals surface area (Å²) in [7, 11) is -3.79. The summed E-state index contributed by atoms with van der Waals surface area (Å²) in [5.74, 6) is -3.80. The van der Waals surface area contributed by atoms with Gasteiger partial charge in [0.1, 0.15) is 5.02 Å². The second-order valence-corrected chi connectivity index (χ2v) is 20.5. The van der Waals surface area contributed by atoms with Gasteiger partial charge in [0, 0.05) is 60.8 Å². The first-order chi connectivity index (χ1) is 31.0. The van der Waals surface area contributed by atoms with E-state index in [1.165, 1.54) is 0 Å². The molecule has 2 atom stereocenters. The number of ether oxygens (including phenoxy) is 1. The summed E-state index contributed by atoms with van der Waals surface area (Å²) in [6, 6.07) is 17.7. The monoisotopic (exact) mass is 945 g/mol. The predicted molar refractivity (Wildman–Crippen MR) is 244 cm³/mol. The number of fused-ring (bicyclic) bond motifs is 1. The van der Waals surface area contributed by atoms with Crippen molar-refractivity contribution in [2.24, 2.45) is 0 Å².